The first-order valence-corrected chi connectivity index (χ1v) is 6.12. The Bertz CT molecular complexity index is 685. The molecular formula is C15H12ClNO. The maximum atomic E-state index is 5.96. The molecule has 0 radical (unpaired) electrons. The minimum Gasteiger partial charge on any atom is -0.456 e. The van der Waals surface area contributed by atoms with Crippen molar-refractivity contribution in [1.82, 2.24) is 0 Å². The van der Waals surface area contributed by atoms with Crippen molar-refractivity contribution >= 4 is 22.6 Å². The van der Waals surface area contributed by atoms with Crippen LogP contribution in [0.1, 0.15) is 5.56 Å². The van der Waals surface area contributed by atoms with Crippen molar-refractivity contribution < 1.29 is 4.42 Å². The van der Waals surface area contributed by atoms with E-state index in [0.717, 1.165) is 27.9 Å². The molecule has 0 aliphatic carbocycles. The summed E-state index contributed by atoms with van der Waals surface area (Å²) in [6, 6.07) is 15.7. The van der Waals surface area contributed by atoms with Gasteiger partial charge in [-0.15, -0.1) is 0 Å². The molecule has 3 rings (SSSR count). The molecule has 0 aliphatic heterocycles. The van der Waals surface area contributed by atoms with Crippen LogP contribution >= 0.6 is 11.6 Å². The smallest absolute Gasteiger partial charge is 0.135 e. The second-order valence-corrected chi connectivity index (χ2v) is 4.63. The highest BCUT2D eigenvalue weighted by Gasteiger charge is 2.06. The molecular weight excluding hydrogens is 246 g/mol. The minimum absolute atomic E-state index is 0.552. The zero-order chi connectivity index (χ0) is 12.5. The molecule has 0 fully saturated rings. The molecule has 2 aromatic carbocycles. The summed E-state index contributed by atoms with van der Waals surface area (Å²) >= 11 is 5.96. The van der Waals surface area contributed by atoms with Crippen LogP contribution in [-0.2, 0) is 6.54 Å². The largest absolute Gasteiger partial charge is 0.456 e. The number of furan rings is 1. The first kappa shape index (κ1) is 11.3. The normalized spacial score (nSPS) is 11.0. The van der Waals surface area contributed by atoms with Crippen molar-refractivity contribution in [3.05, 3.63) is 59.1 Å². The van der Waals surface area contributed by atoms with Gasteiger partial charge in [-0.3, -0.25) is 0 Å². The molecule has 0 amide bonds. The Labute approximate surface area is 110 Å². The summed E-state index contributed by atoms with van der Waals surface area (Å²) in [6.07, 6.45) is 0. The summed E-state index contributed by atoms with van der Waals surface area (Å²) in [5.41, 5.74) is 8.57. The van der Waals surface area contributed by atoms with E-state index < -0.39 is 0 Å². The lowest BCUT2D eigenvalue weighted by molar-refractivity contribution is 0.631. The van der Waals surface area contributed by atoms with Crippen LogP contribution in [0.4, 0.5) is 0 Å². The van der Waals surface area contributed by atoms with Crippen molar-refractivity contribution in [2.75, 3.05) is 0 Å². The van der Waals surface area contributed by atoms with E-state index in [1.54, 1.807) is 0 Å². The van der Waals surface area contributed by atoms with Crippen LogP contribution in [0.5, 0.6) is 0 Å². The number of hydrogen-bond acceptors (Lipinski definition) is 2. The van der Waals surface area contributed by atoms with Crippen molar-refractivity contribution in [1.29, 1.82) is 0 Å². The summed E-state index contributed by atoms with van der Waals surface area (Å²) in [5, 5.41) is 1.73. The lowest BCUT2D eigenvalue weighted by Crippen LogP contribution is -1.94. The average Bonchev–Trinajstić information content (AvgIpc) is 2.81. The second-order valence-electron chi connectivity index (χ2n) is 4.19. The Morgan fingerprint density at radius 3 is 2.50 bits per heavy atom. The van der Waals surface area contributed by atoms with Crippen molar-refractivity contribution in [2.45, 2.75) is 6.54 Å². The lowest BCUT2D eigenvalue weighted by Gasteiger charge is -1.98. The van der Waals surface area contributed by atoms with Gasteiger partial charge in [0.05, 0.1) is 0 Å². The Morgan fingerprint density at radius 1 is 1.00 bits per heavy atom. The zero-order valence-corrected chi connectivity index (χ0v) is 10.4. The van der Waals surface area contributed by atoms with E-state index in [0.29, 0.717) is 11.6 Å². The molecule has 0 saturated heterocycles. The molecule has 90 valence electrons. The summed E-state index contributed by atoms with van der Waals surface area (Å²) in [5.74, 6) is 0.843. The Kier molecular flexibility index (Phi) is 2.82. The highest BCUT2D eigenvalue weighted by Crippen LogP contribution is 2.29. The van der Waals surface area contributed by atoms with Crippen LogP contribution in [0.3, 0.4) is 0 Å². The molecule has 3 heteroatoms. The molecule has 1 heterocycles. The van der Waals surface area contributed by atoms with E-state index in [2.05, 4.69) is 0 Å². The maximum Gasteiger partial charge on any atom is 0.135 e. The van der Waals surface area contributed by atoms with Crippen LogP contribution in [-0.4, -0.2) is 0 Å². The van der Waals surface area contributed by atoms with E-state index >= 15 is 0 Å². The summed E-state index contributed by atoms with van der Waals surface area (Å²) in [6.45, 7) is 0.552. The predicted octanol–water partition coefficient (Wildman–Crippen LogP) is 4.21. The van der Waals surface area contributed by atoms with Crippen LogP contribution in [0.25, 0.3) is 22.3 Å². The van der Waals surface area contributed by atoms with E-state index in [4.69, 9.17) is 21.8 Å². The van der Waals surface area contributed by atoms with Gasteiger partial charge in [0.15, 0.2) is 0 Å². The number of nitrogens with two attached hydrogens (primary N) is 1. The molecule has 0 bridgehead atoms. The maximum absolute atomic E-state index is 5.96. The van der Waals surface area contributed by atoms with E-state index in [1.165, 1.54) is 0 Å². The van der Waals surface area contributed by atoms with E-state index in [-0.39, 0.29) is 0 Å². The zero-order valence-electron chi connectivity index (χ0n) is 9.69. The van der Waals surface area contributed by atoms with Crippen LogP contribution < -0.4 is 5.73 Å². The fourth-order valence-electron chi connectivity index (χ4n) is 1.96. The molecule has 1 aromatic heterocycles. The molecule has 2 N–H and O–H groups in total. The number of benzene rings is 2. The van der Waals surface area contributed by atoms with Gasteiger partial charge >= 0.3 is 0 Å². The highest BCUT2D eigenvalue weighted by atomic mass is 35.5. The molecule has 0 spiro atoms. The third kappa shape index (κ3) is 2.01. The van der Waals surface area contributed by atoms with Crippen molar-refractivity contribution in [3.8, 4) is 11.3 Å². The number of fused-ring (bicyclic) bond motifs is 1. The third-order valence-corrected chi connectivity index (χ3v) is 3.19. The van der Waals surface area contributed by atoms with Gasteiger partial charge < -0.3 is 10.2 Å². The first-order chi connectivity index (χ1) is 8.76. The Morgan fingerprint density at radius 2 is 1.78 bits per heavy atom. The Balaban J connectivity index is 2.07. The van der Waals surface area contributed by atoms with Gasteiger partial charge in [-0.2, -0.15) is 0 Å². The van der Waals surface area contributed by atoms with Crippen molar-refractivity contribution in [3.63, 3.8) is 0 Å². The summed E-state index contributed by atoms with van der Waals surface area (Å²) in [7, 11) is 0. The number of hydrogen-bond donors (Lipinski definition) is 1. The lowest BCUT2D eigenvalue weighted by atomic mass is 10.1. The topological polar surface area (TPSA) is 39.2 Å². The average molecular weight is 258 g/mol. The van der Waals surface area contributed by atoms with Gasteiger partial charge in [-0.05, 0) is 29.8 Å². The van der Waals surface area contributed by atoms with Gasteiger partial charge in [0.25, 0.3) is 0 Å². The monoisotopic (exact) mass is 257 g/mol. The molecule has 0 aliphatic rings. The first-order valence-electron chi connectivity index (χ1n) is 5.75. The fraction of sp³-hybridized carbons (Fsp3) is 0.0667. The third-order valence-electron chi connectivity index (χ3n) is 2.95. The van der Waals surface area contributed by atoms with Crippen molar-refractivity contribution in [2.24, 2.45) is 5.73 Å². The summed E-state index contributed by atoms with van der Waals surface area (Å²) < 4.78 is 5.79. The molecule has 0 saturated carbocycles. The molecule has 18 heavy (non-hydrogen) atoms. The standard InChI is InChI=1S/C15H12ClNO/c16-13-5-6-14-12(7-13)8-15(18-14)11-3-1-10(9-17)2-4-11/h1-8H,9,17H2. The minimum atomic E-state index is 0.552. The SMILES string of the molecule is NCc1ccc(-c2cc3cc(Cl)ccc3o2)cc1. The summed E-state index contributed by atoms with van der Waals surface area (Å²) in [4.78, 5) is 0. The van der Waals surface area contributed by atoms with Gasteiger partial charge in [-0.1, -0.05) is 35.9 Å². The van der Waals surface area contributed by atoms with E-state index in [9.17, 15) is 0 Å². The highest BCUT2D eigenvalue weighted by molar-refractivity contribution is 6.31. The van der Waals surface area contributed by atoms with Crippen LogP contribution in [0.2, 0.25) is 5.02 Å². The molecule has 3 aromatic rings. The van der Waals surface area contributed by atoms with Gasteiger partial charge in [-0.25, -0.2) is 0 Å². The predicted molar refractivity (Wildman–Crippen MR) is 74.6 cm³/mol. The van der Waals surface area contributed by atoms with Gasteiger partial charge in [0.1, 0.15) is 11.3 Å². The van der Waals surface area contributed by atoms with Crippen LogP contribution in [0.15, 0.2) is 52.9 Å². The number of halogens is 1. The molecule has 0 atom stereocenters. The van der Waals surface area contributed by atoms with Gasteiger partial charge in [0, 0.05) is 22.5 Å². The quantitative estimate of drug-likeness (QED) is 0.747. The second kappa shape index (κ2) is 4.48. The molecule has 0 unspecified atom stereocenters. The number of rotatable bonds is 2. The van der Waals surface area contributed by atoms with E-state index in [1.807, 2.05) is 48.5 Å². The molecule has 2 nitrogen and oxygen atoms in total. The van der Waals surface area contributed by atoms with Crippen LogP contribution in [0, 0.1) is 0 Å². The Hall–Kier alpha value is -1.77. The van der Waals surface area contributed by atoms with Gasteiger partial charge in [0.2, 0.25) is 0 Å². The fourth-order valence-corrected chi connectivity index (χ4v) is 2.14.